The molecule has 3 nitrogen and oxygen atoms in total. The van der Waals surface area contributed by atoms with E-state index in [0.29, 0.717) is 18.0 Å². The Balaban J connectivity index is 2.00. The number of ether oxygens (including phenoxy) is 2. The molecule has 1 aromatic rings. The lowest BCUT2D eigenvalue weighted by molar-refractivity contribution is 0.104. The summed E-state index contributed by atoms with van der Waals surface area (Å²) >= 11 is 0. The molecule has 1 aromatic carbocycles. The zero-order valence-electron chi connectivity index (χ0n) is 13.1. The van der Waals surface area contributed by atoms with Gasteiger partial charge in [-0.15, -0.1) is 0 Å². The Morgan fingerprint density at radius 1 is 1.30 bits per heavy atom. The van der Waals surface area contributed by atoms with Gasteiger partial charge in [-0.2, -0.15) is 0 Å². The fraction of sp³-hybridized carbons (Fsp3) is 0.647. The zero-order valence-corrected chi connectivity index (χ0v) is 13.1. The summed E-state index contributed by atoms with van der Waals surface area (Å²) in [6.07, 6.45) is 1.03. The molecule has 0 fully saturated rings. The van der Waals surface area contributed by atoms with Gasteiger partial charge in [0.15, 0.2) is 0 Å². The van der Waals surface area contributed by atoms with Crippen LogP contribution in [0.4, 0.5) is 0 Å². The maximum Gasteiger partial charge on any atom is 0.122 e. The smallest absolute Gasteiger partial charge is 0.122 e. The van der Waals surface area contributed by atoms with E-state index in [1.54, 1.807) is 0 Å². The van der Waals surface area contributed by atoms with Gasteiger partial charge < -0.3 is 14.8 Å². The molecule has 0 aromatic heterocycles. The minimum atomic E-state index is 0.328. The molecule has 1 aliphatic heterocycles. The third-order valence-corrected chi connectivity index (χ3v) is 3.98. The Kier molecular flexibility index (Phi) is 5.44. The van der Waals surface area contributed by atoms with Crippen molar-refractivity contribution in [3.63, 3.8) is 0 Å². The number of hydrogen-bond donors (Lipinski definition) is 1. The van der Waals surface area contributed by atoms with Crippen molar-refractivity contribution in [3.05, 3.63) is 29.3 Å². The van der Waals surface area contributed by atoms with Crippen molar-refractivity contribution in [2.75, 3.05) is 19.8 Å². The Morgan fingerprint density at radius 3 is 2.80 bits per heavy atom. The Hall–Kier alpha value is -1.06. The second kappa shape index (κ2) is 7.09. The number of benzene rings is 1. The zero-order chi connectivity index (χ0) is 14.5. The van der Waals surface area contributed by atoms with Crippen LogP contribution in [0.3, 0.4) is 0 Å². The number of hydrogen-bond acceptors (Lipinski definition) is 3. The van der Waals surface area contributed by atoms with Crippen LogP contribution in [0, 0.1) is 5.92 Å². The number of nitrogens with one attached hydrogen (secondary N) is 1. The highest BCUT2D eigenvalue weighted by Crippen LogP contribution is 2.28. The molecule has 0 aliphatic carbocycles. The van der Waals surface area contributed by atoms with E-state index in [-0.39, 0.29) is 0 Å². The highest BCUT2D eigenvalue weighted by molar-refractivity contribution is 5.40. The molecular formula is C17H27NO2. The van der Waals surface area contributed by atoms with Crippen molar-refractivity contribution >= 4 is 0 Å². The molecule has 20 heavy (non-hydrogen) atoms. The number of rotatable bonds is 7. The van der Waals surface area contributed by atoms with Crippen molar-refractivity contribution in [2.45, 2.75) is 46.2 Å². The van der Waals surface area contributed by atoms with Crippen LogP contribution in [-0.4, -0.2) is 25.9 Å². The highest BCUT2D eigenvalue weighted by Gasteiger charge is 2.19. The predicted molar refractivity (Wildman–Crippen MR) is 82.3 cm³/mol. The minimum Gasteiger partial charge on any atom is -0.493 e. The summed E-state index contributed by atoms with van der Waals surface area (Å²) in [6.45, 7) is 11.1. The van der Waals surface area contributed by atoms with Gasteiger partial charge >= 0.3 is 0 Å². The van der Waals surface area contributed by atoms with E-state index in [1.807, 2.05) is 6.92 Å². The molecule has 112 valence electrons. The SMILES string of the molecule is CCOCC(NC(C)c1ccc2c(c1)CCO2)C(C)C. The van der Waals surface area contributed by atoms with Crippen LogP contribution < -0.4 is 10.1 Å². The molecule has 0 saturated carbocycles. The third-order valence-electron chi connectivity index (χ3n) is 3.98. The summed E-state index contributed by atoms with van der Waals surface area (Å²) < 4.78 is 11.2. The molecule has 0 bridgehead atoms. The second-order valence-electron chi connectivity index (χ2n) is 5.86. The Labute approximate surface area is 122 Å². The monoisotopic (exact) mass is 277 g/mol. The Bertz CT molecular complexity index is 431. The lowest BCUT2D eigenvalue weighted by Crippen LogP contribution is -2.39. The first-order valence-electron chi connectivity index (χ1n) is 7.71. The quantitative estimate of drug-likeness (QED) is 0.829. The fourth-order valence-corrected chi connectivity index (χ4v) is 2.57. The van der Waals surface area contributed by atoms with Crippen molar-refractivity contribution in [1.29, 1.82) is 0 Å². The van der Waals surface area contributed by atoms with Gasteiger partial charge in [-0.25, -0.2) is 0 Å². The van der Waals surface area contributed by atoms with Gasteiger partial charge in [0.25, 0.3) is 0 Å². The average molecular weight is 277 g/mol. The Morgan fingerprint density at radius 2 is 2.10 bits per heavy atom. The summed E-state index contributed by atoms with van der Waals surface area (Å²) in [6, 6.07) is 7.25. The normalized spacial score (nSPS) is 16.9. The van der Waals surface area contributed by atoms with Gasteiger partial charge in [0.1, 0.15) is 5.75 Å². The molecule has 2 atom stereocenters. The molecule has 1 heterocycles. The van der Waals surface area contributed by atoms with Gasteiger partial charge in [0.05, 0.1) is 13.2 Å². The largest absolute Gasteiger partial charge is 0.493 e. The molecule has 0 spiro atoms. The van der Waals surface area contributed by atoms with Gasteiger partial charge in [0, 0.05) is 25.1 Å². The van der Waals surface area contributed by atoms with E-state index < -0.39 is 0 Å². The van der Waals surface area contributed by atoms with Gasteiger partial charge in [-0.1, -0.05) is 26.0 Å². The molecule has 3 heteroatoms. The lowest BCUT2D eigenvalue weighted by Gasteiger charge is -2.26. The first kappa shape index (κ1) is 15.3. The highest BCUT2D eigenvalue weighted by atomic mass is 16.5. The first-order valence-corrected chi connectivity index (χ1v) is 7.71. The summed E-state index contributed by atoms with van der Waals surface area (Å²) in [5, 5.41) is 3.69. The van der Waals surface area contributed by atoms with E-state index in [0.717, 1.165) is 32.0 Å². The standard InChI is InChI=1S/C17H27NO2/c1-5-19-11-16(12(2)3)18-13(4)14-6-7-17-15(10-14)8-9-20-17/h6-7,10,12-13,16,18H,5,8-9,11H2,1-4H3. The second-order valence-corrected chi connectivity index (χ2v) is 5.86. The molecule has 2 unspecified atom stereocenters. The van der Waals surface area contributed by atoms with Crippen LogP contribution in [0.15, 0.2) is 18.2 Å². The minimum absolute atomic E-state index is 0.328. The van der Waals surface area contributed by atoms with E-state index in [9.17, 15) is 0 Å². The van der Waals surface area contributed by atoms with Gasteiger partial charge in [0.2, 0.25) is 0 Å². The van der Waals surface area contributed by atoms with Crippen LogP contribution in [0.25, 0.3) is 0 Å². The van der Waals surface area contributed by atoms with Crippen LogP contribution in [0.1, 0.15) is 44.9 Å². The topological polar surface area (TPSA) is 30.5 Å². The summed E-state index contributed by atoms with van der Waals surface area (Å²) in [5.41, 5.74) is 2.67. The van der Waals surface area contributed by atoms with Crippen LogP contribution >= 0.6 is 0 Å². The molecule has 0 saturated heterocycles. The molecule has 2 rings (SSSR count). The van der Waals surface area contributed by atoms with Gasteiger partial charge in [-0.3, -0.25) is 0 Å². The van der Waals surface area contributed by atoms with Crippen molar-refractivity contribution in [1.82, 2.24) is 5.32 Å². The molecule has 0 amide bonds. The maximum atomic E-state index is 5.59. The van der Waals surface area contributed by atoms with Crippen molar-refractivity contribution in [3.8, 4) is 5.75 Å². The summed E-state index contributed by atoms with van der Waals surface area (Å²) in [5.74, 6) is 1.61. The van der Waals surface area contributed by atoms with E-state index in [2.05, 4.69) is 44.3 Å². The summed E-state index contributed by atoms with van der Waals surface area (Å²) in [4.78, 5) is 0. The van der Waals surface area contributed by atoms with Crippen LogP contribution in [0.2, 0.25) is 0 Å². The maximum absolute atomic E-state index is 5.59. The fourth-order valence-electron chi connectivity index (χ4n) is 2.57. The van der Waals surface area contributed by atoms with Crippen molar-refractivity contribution < 1.29 is 9.47 Å². The molecular weight excluding hydrogens is 250 g/mol. The van der Waals surface area contributed by atoms with E-state index in [4.69, 9.17) is 9.47 Å². The van der Waals surface area contributed by atoms with Crippen LogP contribution in [-0.2, 0) is 11.2 Å². The van der Waals surface area contributed by atoms with Gasteiger partial charge in [-0.05, 0) is 37.0 Å². The average Bonchev–Trinajstić information content (AvgIpc) is 2.90. The first-order chi connectivity index (χ1) is 9.61. The van der Waals surface area contributed by atoms with E-state index >= 15 is 0 Å². The predicted octanol–water partition coefficient (Wildman–Crippen LogP) is 3.33. The summed E-state index contributed by atoms with van der Waals surface area (Å²) in [7, 11) is 0. The van der Waals surface area contributed by atoms with Crippen LogP contribution in [0.5, 0.6) is 5.75 Å². The lowest BCUT2D eigenvalue weighted by atomic mass is 10.00. The number of fused-ring (bicyclic) bond motifs is 1. The molecule has 1 N–H and O–H groups in total. The molecule has 1 aliphatic rings. The van der Waals surface area contributed by atoms with Crippen molar-refractivity contribution in [2.24, 2.45) is 5.92 Å². The third kappa shape index (κ3) is 3.74. The van der Waals surface area contributed by atoms with E-state index in [1.165, 1.54) is 11.1 Å². The molecule has 0 radical (unpaired) electrons.